The Morgan fingerprint density at radius 2 is 2.14 bits per heavy atom. The molecule has 1 amide bonds. The van der Waals surface area contributed by atoms with E-state index >= 15 is 0 Å². The van der Waals surface area contributed by atoms with Crippen LogP contribution in [0, 0.1) is 10.1 Å². The molecule has 0 fully saturated rings. The Morgan fingerprint density at radius 3 is 2.67 bits per heavy atom. The minimum absolute atomic E-state index is 0.0415. The van der Waals surface area contributed by atoms with Crippen LogP contribution in [0.5, 0.6) is 11.5 Å². The Hall–Kier alpha value is -2.64. The molecule has 1 rings (SSSR count). The number of hydrogen-bond donors (Lipinski definition) is 1. The highest BCUT2D eigenvalue weighted by Crippen LogP contribution is 2.34. The molecule has 21 heavy (non-hydrogen) atoms. The first-order valence-corrected chi connectivity index (χ1v) is 6.24. The Morgan fingerprint density at radius 1 is 1.43 bits per heavy atom. The number of nitro groups is 1. The number of nitrogens with one attached hydrogen (secondary N) is 1. The fourth-order valence-electron chi connectivity index (χ4n) is 1.63. The number of carbonyl (C=O) groups excluding carboxylic acids is 2. The van der Waals surface area contributed by atoms with E-state index in [9.17, 15) is 19.7 Å². The molecule has 0 spiro atoms. The van der Waals surface area contributed by atoms with E-state index in [-0.39, 0.29) is 41.7 Å². The maximum Gasteiger partial charge on any atom is 0.283 e. The van der Waals surface area contributed by atoms with Gasteiger partial charge in [-0.3, -0.25) is 19.7 Å². The van der Waals surface area contributed by atoms with E-state index < -0.39 is 4.92 Å². The lowest BCUT2D eigenvalue weighted by Crippen LogP contribution is -2.24. The van der Waals surface area contributed by atoms with Gasteiger partial charge in [0.05, 0.1) is 36.7 Å². The third kappa shape index (κ3) is 4.44. The normalized spacial score (nSPS) is 9.81. The number of aldehydes is 1. The van der Waals surface area contributed by atoms with Gasteiger partial charge in [-0.25, -0.2) is 0 Å². The van der Waals surface area contributed by atoms with Crippen molar-refractivity contribution in [1.29, 1.82) is 0 Å². The SMILES string of the molecule is CCNC(=O)CCOc1cc([N+](=O)[O-])c(C=O)cc1OC. The Bertz CT molecular complexity index is 544. The molecule has 1 aromatic carbocycles. The zero-order chi connectivity index (χ0) is 15.8. The minimum Gasteiger partial charge on any atom is -0.493 e. The molecule has 8 nitrogen and oxygen atoms in total. The van der Waals surface area contributed by atoms with Crippen LogP contribution in [0.25, 0.3) is 0 Å². The number of amides is 1. The molecule has 0 saturated carbocycles. The van der Waals surface area contributed by atoms with Crippen molar-refractivity contribution in [2.45, 2.75) is 13.3 Å². The molecule has 0 atom stereocenters. The monoisotopic (exact) mass is 296 g/mol. The van der Waals surface area contributed by atoms with E-state index in [0.717, 1.165) is 6.07 Å². The summed E-state index contributed by atoms with van der Waals surface area (Å²) in [6.07, 6.45) is 0.485. The molecule has 0 heterocycles. The lowest BCUT2D eigenvalue weighted by molar-refractivity contribution is -0.385. The standard InChI is InChI=1S/C13H16N2O6/c1-3-14-13(17)4-5-21-12-7-10(15(18)19)9(8-16)6-11(12)20-2/h6-8H,3-5H2,1-2H3,(H,14,17). The van der Waals surface area contributed by atoms with Crippen molar-refractivity contribution >= 4 is 17.9 Å². The Labute approximate surface area is 121 Å². The van der Waals surface area contributed by atoms with Crippen LogP contribution in [0.4, 0.5) is 5.69 Å². The molecule has 0 unspecified atom stereocenters. The van der Waals surface area contributed by atoms with Crippen molar-refractivity contribution in [1.82, 2.24) is 5.32 Å². The second-order valence-corrected chi connectivity index (χ2v) is 3.99. The predicted molar refractivity (Wildman–Crippen MR) is 73.8 cm³/mol. The topological polar surface area (TPSA) is 108 Å². The van der Waals surface area contributed by atoms with Gasteiger partial charge >= 0.3 is 0 Å². The lowest BCUT2D eigenvalue weighted by Gasteiger charge is -2.11. The number of methoxy groups -OCH3 is 1. The van der Waals surface area contributed by atoms with Crippen LogP contribution in [0.2, 0.25) is 0 Å². The summed E-state index contributed by atoms with van der Waals surface area (Å²) in [5.74, 6) is 0.119. The average Bonchev–Trinajstić information content (AvgIpc) is 2.46. The summed E-state index contributed by atoms with van der Waals surface area (Å²) >= 11 is 0. The molecular weight excluding hydrogens is 280 g/mol. The maximum absolute atomic E-state index is 11.3. The summed E-state index contributed by atoms with van der Waals surface area (Å²) in [6, 6.07) is 2.34. The van der Waals surface area contributed by atoms with Crippen molar-refractivity contribution in [3.8, 4) is 11.5 Å². The molecule has 0 aliphatic heterocycles. The third-order valence-electron chi connectivity index (χ3n) is 2.60. The van der Waals surface area contributed by atoms with E-state index in [0.29, 0.717) is 12.8 Å². The fraction of sp³-hybridized carbons (Fsp3) is 0.385. The summed E-state index contributed by atoms with van der Waals surface area (Å²) in [4.78, 5) is 32.3. The first-order valence-electron chi connectivity index (χ1n) is 6.24. The van der Waals surface area contributed by atoms with Crippen LogP contribution in [0.3, 0.4) is 0 Å². The third-order valence-corrected chi connectivity index (χ3v) is 2.60. The molecule has 0 aliphatic carbocycles. The van der Waals surface area contributed by atoms with Crippen LogP contribution >= 0.6 is 0 Å². The number of nitro benzene ring substituents is 1. The van der Waals surface area contributed by atoms with Gasteiger partial charge in [-0.15, -0.1) is 0 Å². The minimum atomic E-state index is -0.681. The van der Waals surface area contributed by atoms with Crippen molar-refractivity contribution in [2.75, 3.05) is 20.3 Å². The van der Waals surface area contributed by atoms with E-state index in [4.69, 9.17) is 9.47 Å². The molecule has 114 valence electrons. The summed E-state index contributed by atoms with van der Waals surface area (Å²) in [5, 5.41) is 13.5. The van der Waals surface area contributed by atoms with E-state index in [1.807, 2.05) is 0 Å². The highest BCUT2D eigenvalue weighted by atomic mass is 16.6. The van der Waals surface area contributed by atoms with Crippen LogP contribution in [0.1, 0.15) is 23.7 Å². The molecule has 0 bridgehead atoms. The molecule has 0 aromatic heterocycles. The average molecular weight is 296 g/mol. The number of hydrogen-bond acceptors (Lipinski definition) is 6. The van der Waals surface area contributed by atoms with E-state index in [2.05, 4.69) is 5.32 Å². The van der Waals surface area contributed by atoms with Crippen molar-refractivity contribution < 1.29 is 24.0 Å². The van der Waals surface area contributed by atoms with Crippen molar-refractivity contribution in [3.63, 3.8) is 0 Å². The second kappa shape index (κ2) is 7.83. The zero-order valence-corrected chi connectivity index (χ0v) is 11.8. The van der Waals surface area contributed by atoms with E-state index in [1.54, 1.807) is 6.92 Å². The van der Waals surface area contributed by atoms with Crippen molar-refractivity contribution in [3.05, 3.63) is 27.8 Å². The number of carbonyl (C=O) groups is 2. The molecule has 1 aromatic rings. The van der Waals surface area contributed by atoms with Gasteiger partial charge in [0.15, 0.2) is 17.8 Å². The number of ether oxygens (including phenoxy) is 2. The van der Waals surface area contributed by atoms with Crippen LogP contribution in [0.15, 0.2) is 12.1 Å². The summed E-state index contributed by atoms with van der Waals surface area (Å²) in [6.45, 7) is 2.35. The fourth-order valence-corrected chi connectivity index (χ4v) is 1.63. The maximum atomic E-state index is 11.3. The summed E-state index contributed by atoms with van der Waals surface area (Å²) in [5.41, 5.74) is -0.480. The molecular formula is C13H16N2O6. The van der Waals surface area contributed by atoms with Crippen LogP contribution in [-0.4, -0.2) is 37.4 Å². The van der Waals surface area contributed by atoms with E-state index in [1.165, 1.54) is 13.2 Å². The van der Waals surface area contributed by atoms with Gasteiger partial charge in [-0.05, 0) is 6.92 Å². The summed E-state index contributed by atoms with van der Waals surface area (Å²) in [7, 11) is 1.35. The second-order valence-electron chi connectivity index (χ2n) is 3.99. The van der Waals surface area contributed by atoms with Crippen molar-refractivity contribution in [2.24, 2.45) is 0 Å². The van der Waals surface area contributed by atoms with Gasteiger partial charge < -0.3 is 14.8 Å². The lowest BCUT2D eigenvalue weighted by atomic mass is 10.1. The highest BCUT2D eigenvalue weighted by molar-refractivity contribution is 5.83. The number of benzene rings is 1. The molecule has 1 N–H and O–H groups in total. The van der Waals surface area contributed by atoms with Gasteiger partial charge in [-0.2, -0.15) is 0 Å². The Kier molecular flexibility index (Phi) is 6.12. The van der Waals surface area contributed by atoms with Crippen LogP contribution in [-0.2, 0) is 4.79 Å². The van der Waals surface area contributed by atoms with Gasteiger partial charge in [0.1, 0.15) is 0 Å². The quantitative estimate of drug-likeness (QED) is 0.440. The number of nitrogens with zero attached hydrogens (tertiary/aromatic N) is 1. The number of rotatable bonds is 8. The smallest absolute Gasteiger partial charge is 0.283 e. The van der Waals surface area contributed by atoms with Gasteiger partial charge in [0.25, 0.3) is 5.69 Å². The summed E-state index contributed by atoms with van der Waals surface area (Å²) < 4.78 is 10.3. The van der Waals surface area contributed by atoms with Crippen LogP contribution < -0.4 is 14.8 Å². The van der Waals surface area contributed by atoms with Gasteiger partial charge in [-0.1, -0.05) is 0 Å². The Balaban J connectivity index is 2.90. The predicted octanol–water partition coefficient (Wildman–Crippen LogP) is 1.32. The molecule has 8 heteroatoms. The first-order chi connectivity index (χ1) is 10.0. The van der Waals surface area contributed by atoms with Gasteiger partial charge in [0, 0.05) is 12.6 Å². The highest BCUT2D eigenvalue weighted by Gasteiger charge is 2.19. The zero-order valence-electron chi connectivity index (χ0n) is 11.8. The largest absolute Gasteiger partial charge is 0.493 e. The first kappa shape index (κ1) is 16.4. The van der Waals surface area contributed by atoms with Gasteiger partial charge in [0.2, 0.25) is 5.91 Å². The molecule has 0 radical (unpaired) electrons. The molecule has 0 aliphatic rings. The molecule has 0 saturated heterocycles.